The van der Waals surface area contributed by atoms with Crippen molar-refractivity contribution < 1.29 is 23.8 Å². The summed E-state index contributed by atoms with van der Waals surface area (Å²) in [7, 11) is 1.55. The largest absolute Gasteiger partial charge is 0.497 e. The molecule has 3 rings (SSSR count). The third-order valence-electron chi connectivity index (χ3n) is 4.68. The van der Waals surface area contributed by atoms with E-state index >= 15 is 0 Å². The Morgan fingerprint density at radius 1 is 1.12 bits per heavy atom. The highest BCUT2D eigenvalue weighted by atomic mass is 32.2. The molecular formula is C24H26N2O5S2. The molecule has 2 aromatic carbocycles. The van der Waals surface area contributed by atoms with Crippen LogP contribution in [-0.2, 0) is 4.79 Å². The van der Waals surface area contributed by atoms with E-state index in [0.717, 1.165) is 35.2 Å². The van der Waals surface area contributed by atoms with Gasteiger partial charge in [-0.2, -0.15) is 5.01 Å². The summed E-state index contributed by atoms with van der Waals surface area (Å²) in [6.07, 6.45) is 3.72. The Kier molecular flexibility index (Phi) is 8.73. The number of hydrogen-bond donors (Lipinski definition) is 1. The Bertz CT molecular complexity index is 1050. The molecule has 0 aromatic heterocycles. The molecule has 0 bridgehead atoms. The Morgan fingerprint density at radius 2 is 1.88 bits per heavy atom. The van der Waals surface area contributed by atoms with E-state index in [4.69, 9.17) is 26.4 Å². The van der Waals surface area contributed by atoms with Crippen molar-refractivity contribution in [1.82, 2.24) is 10.4 Å². The quantitative estimate of drug-likeness (QED) is 0.293. The molecule has 1 heterocycles. The van der Waals surface area contributed by atoms with Gasteiger partial charge in [-0.25, -0.2) is 0 Å². The lowest BCUT2D eigenvalue weighted by atomic mass is 10.2. The molecule has 2 amide bonds. The van der Waals surface area contributed by atoms with E-state index in [1.807, 2.05) is 25.1 Å². The molecule has 2 aromatic rings. The van der Waals surface area contributed by atoms with Crippen molar-refractivity contribution in [3.63, 3.8) is 0 Å². The van der Waals surface area contributed by atoms with Crippen LogP contribution in [0.2, 0.25) is 0 Å². The Labute approximate surface area is 203 Å². The number of nitrogens with one attached hydrogen (secondary N) is 1. The van der Waals surface area contributed by atoms with Crippen molar-refractivity contribution >= 4 is 46.2 Å². The van der Waals surface area contributed by atoms with E-state index in [0.29, 0.717) is 40.9 Å². The number of unbranched alkanes of at least 4 members (excludes halogenated alkanes) is 1. The van der Waals surface area contributed by atoms with E-state index in [9.17, 15) is 9.59 Å². The highest BCUT2D eigenvalue weighted by Crippen LogP contribution is 2.34. The summed E-state index contributed by atoms with van der Waals surface area (Å²) in [5.74, 6) is 1.08. The molecular weight excluding hydrogens is 460 g/mol. The second-order valence-corrected chi connectivity index (χ2v) is 8.70. The van der Waals surface area contributed by atoms with E-state index in [2.05, 4.69) is 12.3 Å². The summed E-state index contributed by atoms with van der Waals surface area (Å²) in [5, 5.41) is 1.09. The van der Waals surface area contributed by atoms with Gasteiger partial charge in [0.1, 0.15) is 5.75 Å². The Morgan fingerprint density at radius 3 is 2.55 bits per heavy atom. The number of hydrogen-bond acceptors (Lipinski definition) is 7. The van der Waals surface area contributed by atoms with Gasteiger partial charge in [-0.05, 0) is 73.6 Å². The molecule has 1 aliphatic rings. The van der Waals surface area contributed by atoms with Gasteiger partial charge in [-0.15, -0.1) is 0 Å². The van der Waals surface area contributed by atoms with Crippen molar-refractivity contribution in [3.05, 3.63) is 58.5 Å². The molecule has 0 unspecified atom stereocenters. The van der Waals surface area contributed by atoms with Gasteiger partial charge in [-0.1, -0.05) is 31.2 Å². The van der Waals surface area contributed by atoms with Gasteiger partial charge in [0, 0.05) is 5.56 Å². The van der Waals surface area contributed by atoms with Gasteiger partial charge in [0.15, 0.2) is 15.8 Å². The van der Waals surface area contributed by atoms with Crippen molar-refractivity contribution in [2.75, 3.05) is 20.3 Å². The minimum atomic E-state index is -0.442. The number of benzene rings is 2. The molecule has 0 atom stereocenters. The van der Waals surface area contributed by atoms with E-state index < -0.39 is 11.8 Å². The predicted molar refractivity (Wildman–Crippen MR) is 133 cm³/mol. The lowest BCUT2D eigenvalue weighted by Crippen LogP contribution is -2.44. The standard InChI is InChI=1S/C24H26N2O5S2/c1-4-6-13-31-19-12-7-16(14-20(19)30-5-2)15-21-23(28)26(24(32)33-21)25-22(27)17-8-10-18(29-3)11-9-17/h7-12,14-15H,4-6,13H2,1-3H3,(H,25,27)/b21-15-. The number of methoxy groups -OCH3 is 1. The minimum absolute atomic E-state index is 0.248. The van der Waals surface area contributed by atoms with E-state index in [1.54, 1.807) is 37.5 Å². The maximum atomic E-state index is 12.9. The Hall–Kier alpha value is -3.04. The number of hydrazine groups is 1. The van der Waals surface area contributed by atoms with Crippen LogP contribution in [0.15, 0.2) is 47.4 Å². The first-order valence-electron chi connectivity index (χ1n) is 10.6. The van der Waals surface area contributed by atoms with Crippen molar-refractivity contribution in [2.45, 2.75) is 26.7 Å². The average Bonchev–Trinajstić information content (AvgIpc) is 3.08. The van der Waals surface area contributed by atoms with Gasteiger partial charge >= 0.3 is 0 Å². The van der Waals surface area contributed by atoms with Crippen molar-refractivity contribution in [2.24, 2.45) is 0 Å². The van der Waals surface area contributed by atoms with Crippen LogP contribution < -0.4 is 19.6 Å². The first-order chi connectivity index (χ1) is 16.0. The molecule has 174 valence electrons. The predicted octanol–water partition coefficient (Wildman–Crippen LogP) is 4.82. The average molecular weight is 487 g/mol. The zero-order valence-corrected chi connectivity index (χ0v) is 20.4. The third-order valence-corrected chi connectivity index (χ3v) is 5.98. The fourth-order valence-corrected chi connectivity index (χ4v) is 4.13. The second-order valence-electron chi connectivity index (χ2n) is 7.03. The van der Waals surface area contributed by atoms with Gasteiger partial charge in [-0.3, -0.25) is 15.0 Å². The summed E-state index contributed by atoms with van der Waals surface area (Å²) in [4.78, 5) is 25.9. The summed E-state index contributed by atoms with van der Waals surface area (Å²) in [5.41, 5.74) is 3.72. The fraction of sp³-hybridized carbons (Fsp3) is 0.292. The van der Waals surface area contributed by atoms with Crippen LogP contribution in [0.25, 0.3) is 6.08 Å². The van der Waals surface area contributed by atoms with Gasteiger partial charge in [0.25, 0.3) is 11.8 Å². The molecule has 1 N–H and O–H groups in total. The minimum Gasteiger partial charge on any atom is -0.497 e. The van der Waals surface area contributed by atoms with Crippen LogP contribution in [0.3, 0.4) is 0 Å². The van der Waals surface area contributed by atoms with Gasteiger partial charge in [0.2, 0.25) is 0 Å². The van der Waals surface area contributed by atoms with Crippen LogP contribution in [0.5, 0.6) is 17.2 Å². The third kappa shape index (κ3) is 6.27. The molecule has 0 spiro atoms. The molecule has 33 heavy (non-hydrogen) atoms. The van der Waals surface area contributed by atoms with Gasteiger partial charge < -0.3 is 14.2 Å². The first kappa shape index (κ1) is 24.6. The molecule has 1 saturated heterocycles. The summed E-state index contributed by atoms with van der Waals surface area (Å²) >= 11 is 6.44. The van der Waals surface area contributed by atoms with Crippen LogP contribution in [-0.4, -0.2) is 41.5 Å². The van der Waals surface area contributed by atoms with Crippen LogP contribution in [0, 0.1) is 0 Å². The molecule has 0 aliphatic carbocycles. The monoisotopic (exact) mass is 486 g/mol. The van der Waals surface area contributed by atoms with Crippen LogP contribution in [0.4, 0.5) is 0 Å². The second kappa shape index (κ2) is 11.7. The molecule has 7 nitrogen and oxygen atoms in total. The van der Waals surface area contributed by atoms with E-state index in [1.165, 1.54) is 0 Å². The molecule has 0 radical (unpaired) electrons. The smallest absolute Gasteiger partial charge is 0.285 e. The summed E-state index contributed by atoms with van der Waals surface area (Å²) in [6.45, 7) is 5.11. The van der Waals surface area contributed by atoms with E-state index in [-0.39, 0.29) is 4.32 Å². The molecule has 0 saturated carbocycles. The van der Waals surface area contributed by atoms with Gasteiger partial charge in [0.05, 0.1) is 25.2 Å². The fourth-order valence-electron chi connectivity index (χ4n) is 2.95. The number of thioether (sulfide) groups is 1. The number of amides is 2. The van der Waals surface area contributed by atoms with Crippen molar-refractivity contribution in [1.29, 1.82) is 0 Å². The highest BCUT2D eigenvalue weighted by molar-refractivity contribution is 8.26. The number of ether oxygens (including phenoxy) is 3. The highest BCUT2D eigenvalue weighted by Gasteiger charge is 2.33. The normalized spacial score (nSPS) is 14.5. The lowest BCUT2D eigenvalue weighted by molar-refractivity contribution is -0.123. The maximum absolute atomic E-state index is 12.9. The number of thiocarbonyl (C=S) groups is 1. The number of carbonyl (C=O) groups is 2. The lowest BCUT2D eigenvalue weighted by Gasteiger charge is -2.15. The molecule has 9 heteroatoms. The first-order valence-corrected chi connectivity index (χ1v) is 11.8. The summed E-state index contributed by atoms with van der Waals surface area (Å²) < 4.78 is 16.9. The zero-order chi connectivity index (χ0) is 23.8. The SMILES string of the molecule is CCCCOc1ccc(/C=C2\SC(=S)N(NC(=O)c3ccc(OC)cc3)C2=O)cc1OCC. The topological polar surface area (TPSA) is 77.1 Å². The number of carbonyl (C=O) groups excluding carboxylic acids is 2. The molecule has 1 fully saturated rings. The number of rotatable bonds is 10. The summed E-state index contributed by atoms with van der Waals surface area (Å²) in [6, 6.07) is 12.1. The van der Waals surface area contributed by atoms with Crippen LogP contribution in [0.1, 0.15) is 42.6 Å². The maximum Gasteiger partial charge on any atom is 0.285 e. The molecule has 1 aliphatic heterocycles. The Balaban J connectivity index is 1.74. The zero-order valence-electron chi connectivity index (χ0n) is 18.8. The number of nitrogens with zero attached hydrogens (tertiary/aromatic N) is 1. The van der Waals surface area contributed by atoms with Crippen LogP contribution >= 0.6 is 24.0 Å². The van der Waals surface area contributed by atoms with Crippen molar-refractivity contribution in [3.8, 4) is 17.2 Å².